The number of hydrogen-bond acceptors (Lipinski definition) is 3. The van der Waals surface area contributed by atoms with Crippen molar-refractivity contribution in [2.45, 2.75) is 33.7 Å². The second kappa shape index (κ2) is 7.83. The van der Waals surface area contributed by atoms with Gasteiger partial charge in [0.05, 0.1) is 5.69 Å². The van der Waals surface area contributed by atoms with E-state index in [1.807, 2.05) is 50.2 Å². The predicted molar refractivity (Wildman–Crippen MR) is 98.6 cm³/mol. The van der Waals surface area contributed by atoms with Gasteiger partial charge in [0, 0.05) is 6.04 Å². The second-order valence-electron chi connectivity index (χ2n) is 6.62. The monoisotopic (exact) mass is 340 g/mol. The molecule has 0 aromatic heterocycles. The van der Waals surface area contributed by atoms with Gasteiger partial charge in [0.15, 0.2) is 5.75 Å². The van der Waals surface area contributed by atoms with Crippen molar-refractivity contribution in [3.05, 3.63) is 54.6 Å². The van der Waals surface area contributed by atoms with Crippen molar-refractivity contribution < 1.29 is 14.3 Å². The number of benzene rings is 2. The normalized spacial score (nSPS) is 11.1. The molecule has 132 valence electrons. The summed E-state index contributed by atoms with van der Waals surface area (Å²) in [7, 11) is 0. The Bertz CT molecular complexity index is 740. The third-order valence-electron chi connectivity index (χ3n) is 3.66. The molecule has 0 spiro atoms. The van der Waals surface area contributed by atoms with Crippen LogP contribution in [-0.4, -0.2) is 17.9 Å². The van der Waals surface area contributed by atoms with Gasteiger partial charge in [0.1, 0.15) is 11.2 Å². The first-order valence-corrected chi connectivity index (χ1v) is 8.25. The fraction of sp³-hybridized carbons (Fsp3) is 0.300. The van der Waals surface area contributed by atoms with E-state index in [1.165, 1.54) is 0 Å². The number of anilines is 1. The number of ether oxygens (including phenoxy) is 1. The highest BCUT2D eigenvalue weighted by molar-refractivity contribution is 6.10. The maximum atomic E-state index is 12.6. The van der Waals surface area contributed by atoms with E-state index < -0.39 is 11.3 Å². The van der Waals surface area contributed by atoms with Crippen molar-refractivity contribution in [3.63, 3.8) is 0 Å². The van der Waals surface area contributed by atoms with E-state index >= 15 is 0 Å². The summed E-state index contributed by atoms with van der Waals surface area (Å²) in [5, 5.41) is 5.57. The largest absolute Gasteiger partial charge is 0.455 e. The van der Waals surface area contributed by atoms with Crippen LogP contribution < -0.4 is 15.4 Å². The van der Waals surface area contributed by atoms with Gasteiger partial charge < -0.3 is 15.4 Å². The van der Waals surface area contributed by atoms with Gasteiger partial charge in [-0.3, -0.25) is 9.59 Å². The van der Waals surface area contributed by atoms with Crippen LogP contribution in [0.2, 0.25) is 0 Å². The highest BCUT2D eigenvalue weighted by Crippen LogP contribution is 2.30. The average Bonchev–Trinajstić information content (AvgIpc) is 2.57. The van der Waals surface area contributed by atoms with Crippen molar-refractivity contribution in [3.8, 4) is 11.5 Å². The average molecular weight is 340 g/mol. The van der Waals surface area contributed by atoms with Crippen molar-refractivity contribution in [2.24, 2.45) is 5.41 Å². The lowest BCUT2D eigenvalue weighted by molar-refractivity contribution is -0.138. The molecule has 2 N–H and O–H groups in total. The van der Waals surface area contributed by atoms with Crippen LogP contribution >= 0.6 is 0 Å². The Balaban J connectivity index is 2.17. The second-order valence-corrected chi connectivity index (χ2v) is 6.62. The lowest BCUT2D eigenvalue weighted by Crippen LogP contribution is -2.47. The smallest absolute Gasteiger partial charge is 0.239 e. The number of hydrogen-bond donors (Lipinski definition) is 2. The van der Waals surface area contributed by atoms with Gasteiger partial charge in [-0.25, -0.2) is 0 Å². The first kappa shape index (κ1) is 18.5. The molecule has 2 aromatic rings. The molecule has 0 fully saturated rings. The van der Waals surface area contributed by atoms with Crippen LogP contribution in [0.4, 0.5) is 5.69 Å². The minimum absolute atomic E-state index is 0.0340. The van der Waals surface area contributed by atoms with Crippen LogP contribution in [0.1, 0.15) is 27.7 Å². The van der Waals surface area contributed by atoms with E-state index in [4.69, 9.17) is 4.74 Å². The molecule has 0 saturated carbocycles. The number of carbonyl (C=O) groups is 2. The summed E-state index contributed by atoms with van der Waals surface area (Å²) in [6.07, 6.45) is 0. The molecule has 2 rings (SSSR count). The van der Waals surface area contributed by atoms with Crippen molar-refractivity contribution >= 4 is 17.5 Å². The summed E-state index contributed by atoms with van der Waals surface area (Å²) in [5.74, 6) is 0.472. The molecule has 5 heteroatoms. The number of rotatable bonds is 6. The Morgan fingerprint density at radius 3 is 2.16 bits per heavy atom. The number of para-hydroxylation sites is 3. The van der Waals surface area contributed by atoms with E-state index in [-0.39, 0.29) is 11.9 Å². The number of carbonyl (C=O) groups excluding carboxylic acids is 2. The van der Waals surface area contributed by atoms with Crippen LogP contribution in [0.5, 0.6) is 11.5 Å². The molecule has 0 aliphatic carbocycles. The minimum Gasteiger partial charge on any atom is -0.455 e. The molecular weight excluding hydrogens is 316 g/mol. The van der Waals surface area contributed by atoms with E-state index in [1.54, 1.807) is 32.0 Å². The van der Waals surface area contributed by atoms with Crippen molar-refractivity contribution in [1.29, 1.82) is 0 Å². The van der Waals surface area contributed by atoms with Crippen LogP contribution in [0.3, 0.4) is 0 Å². The molecule has 0 unspecified atom stereocenters. The van der Waals surface area contributed by atoms with Crippen LogP contribution in [0.25, 0.3) is 0 Å². The van der Waals surface area contributed by atoms with Gasteiger partial charge >= 0.3 is 0 Å². The maximum absolute atomic E-state index is 12.6. The molecule has 25 heavy (non-hydrogen) atoms. The molecule has 5 nitrogen and oxygen atoms in total. The summed E-state index contributed by atoms with van der Waals surface area (Å²) in [4.78, 5) is 24.9. The molecule has 2 amide bonds. The summed E-state index contributed by atoms with van der Waals surface area (Å²) < 4.78 is 5.83. The molecule has 0 heterocycles. The highest BCUT2D eigenvalue weighted by Gasteiger charge is 2.36. The Kier molecular flexibility index (Phi) is 5.80. The zero-order valence-electron chi connectivity index (χ0n) is 15.0. The molecule has 0 aliphatic rings. The summed E-state index contributed by atoms with van der Waals surface area (Å²) in [5.41, 5.74) is -0.689. The quantitative estimate of drug-likeness (QED) is 0.782. The minimum atomic E-state index is -1.20. The molecular formula is C20H24N2O3. The lowest BCUT2D eigenvalue weighted by Gasteiger charge is -2.24. The van der Waals surface area contributed by atoms with E-state index in [0.29, 0.717) is 17.2 Å². The first-order chi connectivity index (χ1) is 11.8. The zero-order valence-corrected chi connectivity index (χ0v) is 15.0. The standard InChI is InChI=1S/C20H24N2O3/c1-14(2)21-18(23)20(3,4)19(24)22-16-12-8-9-13-17(16)25-15-10-6-5-7-11-15/h5-14H,1-4H3,(H,21,23)(H,22,24). The van der Waals surface area contributed by atoms with Gasteiger partial charge in [-0.2, -0.15) is 0 Å². The van der Waals surface area contributed by atoms with Crippen LogP contribution in [0.15, 0.2) is 54.6 Å². The number of nitrogens with one attached hydrogen (secondary N) is 2. The highest BCUT2D eigenvalue weighted by atomic mass is 16.5. The Morgan fingerprint density at radius 2 is 1.52 bits per heavy atom. The van der Waals surface area contributed by atoms with E-state index in [9.17, 15) is 9.59 Å². The summed E-state index contributed by atoms with van der Waals surface area (Å²) >= 11 is 0. The van der Waals surface area contributed by atoms with Crippen molar-refractivity contribution in [1.82, 2.24) is 5.32 Å². The predicted octanol–water partition coefficient (Wildman–Crippen LogP) is 3.97. The van der Waals surface area contributed by atoms with Gasteiger partial charge in [-0.15, -0.1) is 0 Å². The summed E-state index contributed by atoms with van der Waals surface area (Å²) in [6, 6.07) is 16.4. The van der Waals surface area contributed by atoms with Crippen LogP contribution in [0, 0.1) is 5.41 Å². The number of amides is 2. The third-order valence-corrected chi connectivity index (χ3v) is 3.66. The maximum Gasteiger partial charge on any atom is 0.239 e. The molecule has 0 radical (unpaired) electrons. The van der Waals surface area contributed by atoms with E-state index in [2.05, 4.69) is 10.6 Å². The SMILES string of the molecule is CC(C)NC(=O)C(C)(C)C(=O)Nc1ccccc1Oc1ccccc1. The molecule has 2 aromatic carbocycles. The Labute approximate surface area is 148 Å². The molecule has 0 bridgehead atoms. The third kappa shape index (κ3) is 4.83. The fourth-order valence-electron chi connectivity index (χ4n) is 2.10. The van der Waals surface area contributed by atoms with Gasteiger partial charge in [0.25, 0.3) is 0 Å². The van der Waals surface area contributed by atoms with Gasteiger partial charge in [-0.1, -0.05) is 30.3 Å². The fourth-order valence-corrected chi connectivity index (χ4v) is 2.10. The summed E-state index contributed by atoms with van der Waals surface area (Å²) in [6.45, 7) is 6.91. The zero-order chi connectivity index (χ0) is 18.4. The molecule has 0 saturated heterocycles. The lowest BCUT2D eigenvalue weighted by atomic mass is 9.90. The first-order valence-electron chi connectivity index (χ1n) is 8.25. The van der Waals surface area contributed by atoms with Crippen LogP contribution in [-0.2, 0) is 9.59 Å². The van der Waals surface area contributed by atoms with Crippen molar-refractivity contribution in [2.75, 3.05) is 5.32 Å². The van der Waals surface area contributed by atoms with Gasteiger partial charge in [0.2, 0.25) is 11.8 Å². The Morgan fingerprint density at radius 1 is 0.920 bits per heavy atom. The molecule has 0 aliphatic heterocycles. The molecule has 0 atom stereocenters. The Hall–Kier alpha value is -2.82. The van der Waals surface area contributed by atoms with Gasteiger partial charge in [-0.05, 0) is 52.0 Å². The topological polar surface area (TPSA) is 67.4 Å². The van der Waals surface area contributed by atoms with E-state index in [0.717, 1.165) is 0 Å².